The maximum absolute atomic E-state index is 12.3. The van der Waals surface area contributed by atoms with E-state index in [9.17, 15) is 4.79 Å². The first kappa shape index (κ1) is 14.0. The molecule has 1 amide bonds. The van der Waals surface area contributed by atoms with Crippen LogP contribution in [0.1, 0.15) is 15.9 Å². The summed E-state index contributed by atoms with van der Waals surface area (Å²) in [5.41, 5.74) is 1.39. The number of amides is 1. The SMILES string of the molecule is CN(Cc1ccncc1)C(=O)c1cc(Br)cnc1Cl. The average molecular weight is 341 g/mol. The van der Waals surface area contributed by atoms with Crippen molar-refractivity contribution in [3.8, 4) is 0 Å². The molecule has 0 aliphatic heterocycles. The van der Waals surface area contributed by atoms with E-state index in [0.717, 1.165) is 10.0 Å². The summed E-state index contributed by atoms with van der Waals surface area (Å²) >= 11 is 9.23. The van der Waals surface area contributed by atoms with Crippen LogP contribution in [0.2, 0.25) is 5.15 Å². The maximum Gasteiger partial charge on any atom is 0.257 e. The fraction of sp³-hybridized carbons (Fsp3) is 0.154. The van der Waals surface area contributed by atoms with E-state index in [1.54, 1.807) is 36.6 Å². The Hall–Kier alpha value is -1.46. The van der Waals surface area contributed by atoms with Gasteiger partial charge in [-0.2, -0.15) is 0 Å². The molecule has 0 radical (unpaired) electrons. The van der Waals surface area contributed by atoms with Crippen molar-refractivity contribution in [3.05, 3.63) is 57.5 Å². The zero-order valence-corrected chi connectivity index (χ0v) is 12.5. The third-order valence-electron chi connectivity index (χ3n) is 2.55. The van der Waals surface area contributed by atoms with Crippen molar-refractivity contribution in [1.82, 2.24) is 14.9 Å². The molecule has 0 fully saturated rings. The zero-order valence-electron chi connectivity index (χ0n) is 10.2. The van der Waals surface area contributed by atoms with Crippen molar-refractivity contribution in [3.63, 3.8) is 0 Å². The number of rotatable bonds is 3. The number of pyridine rings is 2. The van der Waals surface area contributed by atoms with Gasteiger partial charge in [0, 0.05) is 36.7 Å². The fourth-order valence-corrected chi connectivity index (χ4v) is 2.13. The first-order chi connectivity index (χ1) is 9.08. The molecule has 0 aliphatic carbocycles. The predicted octanol–water partition coefficient (Wildman–Crippen LogP) is 3.16. The van der Waals surface area contributed by atoms with Gasteiger partial charge >= 0.3 is 0 Å². The Bertz CT molecular complexity index is 592. The van der Waals surface area contributed by atoms with Crippen molar-refractivity contribution in [1.29, 1.82) is 0 Å². The molecular formula is C13H11BrClN3O. The molecule has 6 heteroatoms. The van der Waals surface area contributed by atoms with E-state index < -0.39 is 0 Å². The number of hydrogen-bond acceptors (Lipinski definition) is 3. The molecule has 2 rings (SSSR count). The summed E-state index contributed by atoms with van der Waals surface area (Å²) in [6.45, 7) is 0.490. The monoisotopic (exact) mass is 339 g/mol. The minimum atomic E-state index is -0.171. The Balaban J connectivity index is 2.17. The van der Waals surface area contributed by atoms with E-state index >= 15 is 0 Å². The quantitative estimate of drug-likeness (QED) is 0.806. The Labute approximate surface area is 124 Å². The van der Waals surface area contributed by atoms with E-state index in [1.807, 2.05) is 12.1 Å². The van der Waals surface area contributed by atoms with Crippen molar-refractivity contribution in [2.24, 2.45) is 0 Å². The number of aromatic nitrogens is 2. The van der Waals surface area contributed by atoms with Crippen LogP contribution in [-0.4, -0.2) is 27.8 Å². The van der Waals surface area contributed by atoms with Gasteiger partial charge in [-0.1, -0.05) is 11.6 Å². The van der Waals surface area contributed by atoms with Gasteiger partial charge in [0.1, 0.15) is 5.15 Å². The molecule has 2 aromatic rings. The lowest BCUT2D eigenvalue weighted by molar-refractivity contribution is 0.0784. The van der Waals surface area contributed by atoms with Crippen LogP contribution in [0.4, 0.5) is 0 Å². The molecule has 0 atom stereocenters. The lowest BCUT2D eigenvalue weighted by Gasteiger charge is -2.17. The largest absolute Gasteiger partial charge is 0.337 e. The molecule has 0 unspecified atom stereocenters. The standard InChI is InChI=1S/C13H11BrClN3O/c1-18(8-9-2-4-16-5-3-9)13(19)11-6-10(14)7-17-12(11)15/h2-7H,8H2,1H3. The number of nitrogens with zero attached hydrogens (tertiary/aromatic N) is 3. The average Bonchev–Trinajstić information content (AvgIpc) is 2.42. The Morgan fingerprint density at radius 1 is 1.42 bits per heavy atom. The summed E-state index contributed by atoms with van der Waals surface area (Å²) in [6, 6.07) is 5.40. The van der Waals surface area contributed by atoms with Crippen molar-refractivity contribution in [2.75, 3.05) is 7.05 Å². The molecule has 2 heterocycles. The second kappa shape index (κ2) is 6.12. The Kier molecular flexibility index (Phi) is 4.50. The molecule has 98 valence electrons. The summed E-state index contributed by atoms with van der Waals surface area (Å²) in [5.74, 6) is -0.171. The van der Waals surface area contributed by atoms with Gasteiger partial charge in [0.15, 0.2) is 0 Å². The summed E-state index contributed by atoms with van der Waals surface area (Å²) in [6.07, 6.45) is 4.95. The van der Waals surface area contributed by atoms with Gasteiger partial charge in [-0.25, -0.2) is 4.98 Å². The summed E-state index contributed by atoms with van der Waals surface area (Å²) < 4.78 is 0.720. The van der Waals surface area contributed by atoms with E-state index in [0.29, 0.717) is 12.1 Å². The third kappa shape index (κ3) is 3.52. The second-order valence-electron chi connectivity index (χ2n) is 4.01. The van der Waals surface area contributed by atoms with Gasteiger partial charge in [0.2, 0.25) is 0 Å². The van der Waals surface area contributed by atoms with Gasteiger partial charge < -0.3 is 4.90 Å². The predicted molar refractivity (Wildman–Crippen MR) is 77.0 cm³/mol. The van der Waals surface area contributed by atoms with Crippen LogP contribution in [0.15, 0.2) is 41.3 Å². The highest BCUT2D eigenvalue weighted by Crippen LogP contribution is 2.20. The normalized spacial score (nSPS) is 10.3. The highest BCUT2D eigenvalue weighted by molar-refractivity contribution is 9.10. The molecular weight excluding hydrogens is 330 g/mol. The van der Waals surface area contributed by atoms with Crippen LogP contribution in [0.3, 0.4) is 0 Å². The molecule has 0 saturated carbocycles. The van der Waals surface area contributed by atoms with E-state index in [2.05, 4.69) is 25.9 Å². The first-order valence-corrected chi connectivity index (χ1v) is 6.70. The Morgan fingerprint density at radius 3 is 2.79 bits per heavy atom. The van der Waals surface area contributed by atoms with E-state index in [-0.39, 0.29) is 11.1 Å². The number of halogens is 2. The van der Waals surface area contributed by atoms with Crippen LogP contribution in [0.25, 0.3) is 0 Å². The van der Waals surface area contributed by atoms with E-state index in [1.165, 1.54) is 0 Å². The van der Waals surface area contributed by atoms with Crippen LogP contribution in [0.5, 0.6) is 0 Å². The van der Waals surface area contributed by atoms with Gasteiger partial charge in [-0.05, 0) is 39.7 Å². The third-order valence-corrected chi connectivity index (χ3v) is 3.29. The number of hydrogen-bond donors (Lipinski definition) is 0. The van der Waals surface area contributed by atoms with Crippen molar-refractivity contribution < 1.29 is 4.79 Å². The van der Waals surface area contributed by atoms with Crippen molar-refractivity contribution >= 4 is 33.4 Å². The molecule has 19 heavy (non-hydrogen) atoms. The van der Waals surface area contributed by atoms with Gasteiger partial charge in [0.05, 0.1) is 5.56 Å². The minimum Gasteiger partial charge on any atom is -0.337 e. The fourth-order valence-electron chi connectivity index (χ4n) is 1.61. The minimum absolute atomic E-state index is 0.171. The second-order valence-corrected chi connectivity index (χ2v) is 5.28. The lowest BCUT2D eigenvalue weighted by atomic mass is 10.2. The molecule has 0 saturated heterocycles. The number of carbonyl (C=O) groups is 1. The van der Waals surface area contributed by atoms with Gasteiger partial charge in [-0.15, -0.1) is 0 Å². The molecule has 2 aromatic heterocycles. The molecule has 0 aliphatic rings. The molecule has 0 N–H and O–H groups in total. The zero-order chi connectivity index (χ0) is 13.8. The maximum atomic E-state index is 12.3. The molecule has 0 spiro atoms. The highest BCUT2D eigenvalue weighted by atomic mass is 79.9. The van der Waals surface area contributed by atoms with Crippen LogP contribution < -0.4 is 0 Å². The van der Waals surface area contributed by atoms with Crippen molar-refractivity contribution in [2.45, 2.75) is 6.54 Å². The van der Waals surface area contributed by atoms with E-state index in [4.69, 9.17) is 11.6 Å². The molecule has 0 bridgehead atoms. The molecule has 0 aromatic carbocycles. The van der Waals surface area contributed by atoms with Gasteiger partial charge in [0.25, 0.3) is 5.91 Å². The smallest absolute Gasteiger partial charge is 0.257 e. The summed E-state index contributed by atoms with van der Waals surface area (Å²) in [7, 11) is 1.72. The van der Waals surface area contributed by atoms with Crippen LogP contribution >= 0.6 is 27.5 Å². The topological polar surface area (TPSA) is 46.1 Å². The van der Waals surface area contributed by atoms with Gasteiger partial charge in [-0.3, -0.25) is 9.78 Å². The Morgan fingerprint density at radius 2 is 2.11 bits per heavy atom. The number of carbonyl (C=O) groups excluding carboxylic acids is 1. The lowest BCUT2D eigenvalue weighted by Crippen LogP contribution is -2.26. The molecule has 4 nitrogen and oxygen atoms in total. The first-order valence-electron chi connectivity index (χ1n) is 5.53. The highest BCUT2D eigenvalue weighted by Gasteiger charge is 2.16. The summed E-state index contributed by atoms with van der Waals surface area (Å²) in [5, 5.41) is 0.203. The van der Waals surface area contributed by atoms with Crippen LogP contribution in [-0.2, 0) is 6.54 Å². The van der Waals surface area contributed by atoms with Crippen LogP contribution in [0, 0.1) is 0 Å². The summed E-state index contributed by atoms with van der Waals surface area (Å²) in [4.78, 5) is 21.8.